The normalized spacial score (nSPS) is 0.500. The van der Waals surface area contributed by atoms with Gasteiger partial charge in [-0.15, -0.1) is 0 Å². The van der Waals surface area contributed by atoms with Crippen LogP contribution >= 0.6 is 0 Å². The Morgan fingerprint density at radius 1 is 1.17 bits per heavy atom. The molecule has 6 heavy (non-hydrogen) atoms. The van der Waals surface area contributed by atoms with E-state index in [2.05, 4.69) is 0 Å². The van der Waals surface area contributed by atoms with Crippen molar-refractivity contribution in [3.05, 3.63) is 0 Å². The van der Waals surface area contributed by atoms with Gasteiger partial charge in [0, 0.05) is 50.6 Å². The molecular formula is HCuMnNaNiOTi. The van der Waals surface area contributed by atoms with Gasteiger partial charge in [-0.1, -0.05) is 0 Å². The second-order valence-corrected chi connectivity index (χ2v) is 0. The van der Waals surface area contributed by atoms with Gasteiger partial charge in [0.05, 0.1) is 0 Å². The summed E-state index contributed by atoms with van der Waals surface area (Å²) in [4.78, 5) is 0. The number of hydrogen-bond donors (Lipinski definition) is 0. The molecule has 0 aromatic heterocycles. The van der Waals surface area contributed by atoms with E-state index in [0.717, 1.165) is 20.4 Å². The summed E-state index contributed by atoms with van der Waals surface area (Å²) >= 11 is 0.750. The zero-order chi connectivity index (χ0) is 2.00. The predicted molar refractivity (Wildman–Crippen MR) is 7.84 cm³/mol. The van der Waals surface area contributed by atoms with Crippen molar-refractivity contribution in [2.45, 2.75) is 0 Å². The van der Waals surface area contributed by atoms with Crippen LogP contribution in [0.2, 0.25) is 0 Å². The molecule has 1 nitrogen and oxygen atoms in total. The third kappa shape index (κ3) is 27.8. The molecule has 0 aliphatic rings. The minimum absolute atomic E-state index is 0. The zero-order valence-corrected chi connectivity index (χ0v) is 6.58. The molecule has 0 bridgehead atoms. The molecule has 0 saturated carbocycles. The van der Waals surface area contributed by atoms with Gasteiger partial charge in [0.2, 0.25) is 0 Å². The van der Waals surface area contributed by atoms with Crippen LogP contribution in [0.5, 0.6) is 0 Å². The van der Waals surface area contributed by atoms with E-state index >= 15 is 0 Å². The van der Waals surface area contributed by atoms with Gasteiger partial charge in [-0.3, -0.25) is 0 Å². The van der Waals surface area contributed by atoms with Crippen molar-refractivity contribution >= 4 is 29.6 Å². The van der Waals surface area contributed by atoms with Gasteiger partial charge < -0.3 is 0 Å². The molecular weight excluding hydrogens is 264 g/mol. The summed E-state index contributed by atoms with van der Waals surface area (Å²) in [7, 11) is 0. The van der Waals surface area contributed by atoms with E-state index in [1.807, 2.05) is 0 Å². The Bertz CT molecular complexity index is 15.5. The Labute approximate surface area is 102 Å². The Balaban J connectivity index is -0.000000000833. The molecule has 0 N–H and O–H groups in total. The van der Waals surface area contributed by atoms with Gasteiger partial charge in [0.15, 0.2) is 0 Å². The quantitative estimate of drug-likeness (QED) is 0.525. The Kier molecular flexibility index (Phi) is 257. The Morgan fingerprint density at radius 2 is 1.17 bits per heavy atom. The zero-order valence-electron chi connectivity index (χ0n) is 1.90. The van der Waals surface area contributed by atoms with Gasteiger partial charge in [-0.25, -0.2) is 0 Å². The molecule has 0 unspecified atom stereocenters. The second kappa shape index (κ2) is 43.0. The molecule has 0 amide bonds. The fourth-order valence-corrected chi connectivity index (χ4v) is 0. The first-order chi connectivity index (χ1) is 1.00. The van der Waals surface area contributed by atoms with Crippen LogP contribution in [0.25, 0.3) is 0 Å². The fourth-order valence-electron chi connectivity index (χ4n) is 0. The molecule has 0 saturated heterocycles. The number of rotatable bonds is 0. The van der Waals surface area contributed by atoms with Crippen molar-refractivity contribution in [2.24, 2.45) is 0 Å². The van der Waals surface area contributed by atoms with Gasteiger partial charge >= 0.3 is 53.3 Å². The SMILES string of the molecule is [Cu].[Mn].[NaH].[Ni].[O]=[Ti]. The summed E-state index contributed by atoms with van der Waals surface area (Å²) in [6, 6.07) is 0. The number of hydrogen-bond acceptors (Lipinski definition) is 1. The van der Waals surface area contributed by atoms with E-state index in [1.165, 1.54) is 0 Å². The molecule has 6 heteroatoms. The predicted octanol–water partition coefficient (Wildman–Crippen LogP) is -0.777. The molecule has 0 heterocycles. The molecule has 0 aliphatic carbocycles. The third-order valence-corrected chi connectivity index (χ3v) is 0. The monoisotopic (exact) mass is 264 g/mol. The van der Waals surface area contributed by atoms with Crippen molar-refractivity contribution < 1.29 is 74.4 Å². The van der Waals surface area contributed by atoms with Crippen LogP contribution in [0.4, 0.5) is 0 Å². The summed E-state index contributed by atoms with van der Waals surface area (Å²) < 4.78 is 8.25. The first-order valence-corrected chi connectivity index (χ1v) is 0.842. The van der Waals surface area contributed by atoms with Crippen LogP contribution < -0.4 is 0 Å². The van der Waals surface area contributed by atoms with Gasteiger partial charge in [-0.05, 0) is 0 Å². The van der Waals surface area contributed by atoms with E-state index in [4.69, 9.17) is 3.32 Å². The fraction of sp³-hybridized carbons (Fsp3) is 0. The van der Waals surface area contributed by atoms with E-state index in [9.17, 15) is 0 Å². The van der Waals surface area contributed by atoms with Crippen LogP contribution in [-0.4, -0.2) is 29.6 Å². The molecule has 40 valence electrons. The minimum atomic E-state index is 0. The first kappa shape index (κ1) is 35.8. The Morgan fingerprint density at radius 3 is 1.17 bits per heavy atom. The summed E-state index contributed by atoms with van der Waals surface area (Å²) in [5.41, 5.74) is 0. The molecule has 0 fully saturated rings. The molecule has 2 radical (unpaired) electrons. The van der Waals surface area contributed by atoms with E-state index < -0.39 is 0 Å². The summed E-state index contributed by atoms with van der Waals surface area (Å²) in [6.45, 7) is 0. The van der Waals surface area contributed by atoms with Crippen molar-refractivity contribution in [1.29, 1.82) is 0 Å². The second-order valence-electron chi connectivity index (χ2n) is 0. The van der Waals surface area contributed by atoms with Crippen molar-refractivity contribution in [1.82, 2.24) is 0 Å². The summed E-state index contributed by atoms with van der Waals surface area (Å²) in [5, 5.41) is 0. The van der Waals surface area contributed by atoms with Gasteiger partial charge in [-0.2, -0.15) is 0 Å². The van der Waals surface area contributed by atoms with Crippen molar-refractivity contribution in [3.63, 3.8) is 0 Å². The summed E-state index contributed by atoms with van der Waals surface area (Å²) in [6.07, 6.45) is 0. The van der Waals surface area contributed by atoms with Crippen LogP contribution in [0.3, 0.4) is 0 Å². The van der Waals surface area contributed by atoms with Crippen molar-refractivity contribution in [3.8, 4) is 0 Å². The molecule has 0 spiro atoms. The van der Waals surface area contributed by atoms with Crippen LogP contribution in [0.1, 0.15) is 0 Å². The van der Waals surface area contributed by atoms with Crippen LogP contribution in [-0.2, 0) is 74.4 Å². The van der Waals surface area contributed by atoms with E-state index in [-0.39, 0.29) is 80.2 Å². The van der Waals surface area contributed by atoms with Crippen LogP contribution in [0.15, 0.2) is 0 Å². The van der Waals surface area contributed by atoms with Gasteiger partial charge in [0.1, 0.15) is 0 Å². The average Bonchev–Trinajstić information content (AvgIpc) is 1.00. The molecule has 0 aromatic carbocycles. The maximum atomic E-state index is 8.25. The molecule has 0 aliphatic heterocycles. The van der Waals surface area contributed by atoms with Crippen LogP contribution in [0, 0.1) is 0 Å². The topological polar surface area (TPSA) is 17.1 Å². The molecule has 0 rings (SSSR count). The van der Waals surface area contributed by atoms with Gasteiger partial charge in [0.25, 0.3) is 0 Å². The van der Waals surface area contributed by atoms with E-state index in [1.54, 1.807) is 0 Å². The summed E-state index contributed by atoms with van der Waals surface area (Å²) in [5.74, 6) is 0. The third-order valence-electron chi connectivity index (χ3n) is 0. The maximum absolute atomic E-state index is 8.25. The molecule has 0 aromatic rings. The average molecular weight is 265 g/mol. The van der Waals surface area contributed by atoms with E-state index in [0.29, 0.717) is 0 Å². The molecule has 0 atom stereocenters. The van der Waals surface area contributed by atoms with Crippen molar-refractivity contribution in [2.75, 3.05) is 0 Å². The Hall–Kier alpha value is 3.05. The first-order valence-electron chi connectivity index (χ1n) is 0.204. The standard InChI is InChI=1S/Cu.Mn.Na.Ni.O.Ti.H.